The molecule has 4 rings (SSSR count). The largest absolute Gasteiger partial charge is 0.416 e. The second-order valence-corrected chi connectivity index (χ2v) is 6.34. The highest BCUT2D eigenvalue weighted by Gasteiger charge is 2.32. The molecule has 5 nitrogen and oxygen atoms in total. The van der Waals surface area contributed by atoms with E-state index in [0.29, 0.717) is 35.3 Å². The monoisotopic (exact) mass is 372 g/mol. The zero-order valence-corrected chi connectivity index (χ0v) is 14.1. The Morgan fingerprint density at radius 3 is 2.78 bits per heavy atom. The number of halogens is 3. The smallest absolute Gasteiger partial charge is 0.334 e. The van der Waals surface area contributed by atoms with Gasteiger partial charge in [-0.05, 0) is 29.8 Å². The molecule has 1 amide bonds. The van der Waals surface area contributed by atoms with Crippen molar-refractivity contribution in [3.63, 3.8) is 0 Å². The van der Waals surface area contributed by atoms with Crippen LogP contribution in [0.4, 0.5) is 13.2 Å². The zero-order valence-electron chi connectivity index (χ0n) is 14.1. The van der Waals surface area contributed by atoms with Gasteiger partial charge in [0.1, 0.15) is 5.69 Å². The highest BCUT2D eigenvalue weighted by atomic mass is 19.4. The van der Waals surface area contributed by atoms with Crippen LogP contribution in [0.2, 0.25) is 0 Å². The molecule has 1 N–H and O–H groups in total. The minimum Gasteiger partial charge on any atom is -0.334 e. The minimum absolute atomic E-state index is 0.111. The van der Waals surface area contributed by atoms with E-state index in [2.05, 4.69) is 15.2 Å². The van der Waals surface area contributed by atoms with Crippen molar-refractivity contribution in [1.29, 1.82) is 0 Å². The van der Waals surface area contributed by atoms with Crippen molar-refractivity contribution in [2.45, 2.75) is 19.1 Å². The van der Waals surface area contributed by atoms with Crippen molar-refractivity contribution >= 4 is 5.91 Å². The van der Waals surface area contributed by atoms with Crippen LogP contribution in [0.25, 0.3) is 11.3 Å². The maximum atomic E-state index is 13.0. The Hall–Kier alpha value is -3.16. The molecule has 0 fully saturated rings. The van der Waals surface area contributed by atoms with E-state index in [1.54, 1.807) is 29.4 Å². The van der Waals surface area contributed by atoms with Crippen molar-refractivity contribution in [3.05, 3.63) is 71.2 Å². The normalized spacial score (nSPS) is 14.3. The van der Waals surface area contributed by atoms with Crippen molar-refractivity contribution in [2.75, 3.05) is 6.54 Å². The van der Waals surface area contributed by atoms with Gasteiger partial charge in [0.05, 0.1) is 16.8 Å². The summed E-state index contributed by atoms with van der Waals surface area (Å²) in [5.74, 6) is -0.249. The standard InChI is InChI=1S/C19H15F3N4O/c20-19(21,22)14-5-1-3-12(9-14)11-26-8-6-15-16(18(26)27)17(25-24-15)13-4-2-7-23-10-13/h1-5,7,9-10H,6,8,11H2,(H,24,25). The summed E-state index contributed by atoms with van der Waals surface area (Å²) in [6.45, 7) is 0.524. The lowest BCUT2D eigenvalue weighted by Gasteiger charge is -2.27. The van der Waals surface area contributed by atoms with Crippen LogP contribution in [0.1, 0.15) is 27.2 Å². The maximum absolute atomic E-state index is 13.0. The number of benzene rings is 1. The van der Waals surface area contributed by atoms with Crippen molar-refractivity contribution < 1.29 is 18.0 Å². The molecule has 0 atom stereocenters. The molecule has 0 bridgehead atoms. The van der Waals surface area contributed by atoms with Crippen LogP contribution in [0.5, 0.6) is 0 Å². The summed E-state index contributed by atoms with van der Waals surface area (Å²) in [5, 5.41) is 7.14. The van der Waals surface area contributed by atoms with E-state index in [4.69, 9.17) is 0 Å². The number of alkyl halides is 3. The van der Waals surface area contributed by atoms with Gasteiger partial charge < -0.3 is 4.90 Å². The number of nitrogens with one attached hydrogen (secondary N) is 1. The summed E-state index contributed by atoms with van der Waals surface area (Å²) in [5.41, 5.74) is 2.14. The summed E-state index contributed by atoms with van der Waals surface area (Å²) in [6, 6.07) is 8.62. The fourth-order valence-corrected chi connectivity index (χ4v) is 3.22. The Bertz CT molecular complexity index is 982. The number of amides is 1. The minimum atomic E-state index is -4.41. The van der Waals surface area contributed by atoms with Crippen molar-refractivity contribution in [3.8, 4) is 11.3 Å². The second kappa shape index (κ2) is 6.53. The molecule has 0 aliphatic carbocycles. The molecule has 0 saturated heterocycles. The number of hydrogen-bond acceptors (Lipinski definition) is 3. The number of rotatable bonds is 3. The SMILES string of the molecule is O=C1c2c(-c3cccnc3)n[nH]c2CCN1Cc1cccc(C(F)(F)F)c1. The molecule has 1 aliphatic heterocycles. The number of H-pyrrole nitrogens is 1. The van der Waals surface area contributed by atoms with E-state index in [1.807, 2.05) is 6.07 Å². The summed E-state index contributed by atoms with van der Waals surface area (Å²) in [7, 11) is 0. The topological polar surface area (TPSA) is 61.9 Å². The lowest BCUT2D eigenvalue weighted by molar-refractivity contribution is -0.137. The molecule has 1 aliphatic rings. The number of carbonyl (C=O) groups is 1. The molecule has 0 radical (unpaired) electrons. The molecule has 27 heavy (non-hydrogen) atoms. The highest BCUT2D eigenvalue weighted by molar-refractivity contribution is 6.01. The summed E-state index contributed by atoms with van der Waals surface area (Å²) < 4.78 is 38.8. The Morgan fingerprint density at radius 2 is 2.04 bits per heavy atom. The van der Waals surface area contributed by atoms with Gasteiger partial charge in [-0.3, -0.25) is 14.9 Å². The van der Waals surface area contributed by atoms with Crippen LogP contribution >= 0.6 is 0 Å². The molecule has 3 heterocycles. The van der Waals surface area contributed by atoms with Gasteiger partial charge in [0.15, 0.2) is 0 Å². The lowest BCUT2D eigenvalue weighted by Crippen LogP contribution is -2.37. The van der Waals surface area contributed by atoms with Crippen LogP contribution in [-0.2, 0) is 19.1 Å². The molecule has 0 unspecified atom stereocenters. The molecular formula is C19H15F3N4O. The van der Waals surface area contributed by atoms with Gasteiger partial charge in [0.25, 0.3) is 5.91 Å². The number of carbonyl (C=O) groups excluding carboxylic acids is 1. The predicted molar refractivity (Wildman–Crippen MR) is 91.7 cm³/mol. The molecule has 8 heteroatoms. The number of aromatic nitrogens is 3. The Balaban J connectivity index is 1.62. The fourth-order valence-electron chi connectivity index (χ4n) is 3.22. The Kier molecular flexibility index (Phi) is 4.18. The van der Waals surface area contributed by atoms with E-state index in [9.17, 15) is 18.0 Å². The molecule has 138 valence electrons. The van der Waals surface area contributed by atoms with Crippen LogP contribution in [0, 0.1) is 0 Å². The number of fused-ring (bicyclic) bond motifs is 1. The maximum Gasteiger partial charge on any atom is 0.416 e. The first-order valence-electron chi connectivity index (χ1n) is 8.36. The van der Waals surface area contributed by atoms with Gasteiger partial charge in [-0.1, -0.05) is 12.1 Å². The average Bonchev–Trinajstić information content (AvgIpc) is 3.09. The Labute approximate surface area is 152 Å². The summed E-state index contributed by atoms with van der Waals surface area (Å²) in [4.78, 5) is 18.6. The van der Waals surface area contributed by atoms with Gasteiger partial charge in [-0.15, -0.1) is 0 Å². The van der Waals surface area contributed by atoms with Crippen molar-refractivity contribution in [2.24, 2.45) is 0 Å². The third-order valence-corrected chi connectivity index (χ3v) is 4.54. The quantitative estimate of drug-likeness (QED) is 0.763. The third kappa shape index (κ3) is 3.30. The zero-order chi connectivity index (χ0) is 19.0. The first kappa shape index (κ1) is 17.3. The Morgan fingerprint density at radius 1 is 1.19 bits per heavy atom. The lowest BCUT2D eigenvalue weighted by atomic mass is 10.0. The summed E-state index contributed by atoms with van der Waals surface area (Å²) in [6.07, 6.45) is -0.597. The van der Waals surface area contributed by atoms with Gasteiger partial charge in [0.2, 0.25) is 0 Å². The van der Waals surface area contributed by atoms with Crippen LogP contribution < -0.4 is 0 Å². The van der Waals surface area contributed by atoms with E-state index in [0.717, 1.165) is 17.8 Å². The number of nitrogens with zero attached hydrogens (tertiary/aromatic N) is 3. The predicted octanol–water partition coefficient (Wildman–Crippen LogP) is 3.69. The highest BCUT2D eigenvalue weighted by Crippen LogP contribution is 2.31. The van der Waals surface area contributed by atoms with E-state index >= 15 is 0 Å². The molecule has 2 aromatic heterocycles. The molecule has 3 aromatic rings. The average molecular weight is 372 g/mol. The number of pyridine rings is 1. The molecular weight excluding hydrogens is 357 g/mol. The van der Waals surface area contributed by atoms with Crippen LogP contribution in [0.3, 0.4) is 0 Å². The van der Waals surface area contributed by atoms with Crippen LogP contribution in [0.15, 0.2) is 48.8 Å². The van der Waals surface area contributed by atoms with Gasteiger partial charge >= 0.3 is 6.18 Å². The van der Waals surface area contributed by atoms with E-state index in [-0.39, 0.29) is 12.5 Å². The first-order chi connectivity index (χ1) is 12.9. The number of aromatic amines is 1. The summed E-state index contributed by atoms with van der Waals surface area (Å²) >= 11 is 0. The number of hydrogen-bond donors (Lipinski definition) is 1. The fraction of sp³-hybridized carbons (Fsp3) is 0.211. The third-order valence-electron chi connectivity index (χ3n) is 4.54. The second-order valence-electron chi connectivity index (χ2n) is 6.34. The molecule has 0 saturated carbocycles. The van der Waals surface area contributed by atoms with Crippen molar-refractivity contribution in [1.82, 2.24) is 20.1 Å². The van der Waals surface area contributed by atoms with Gasteiger partial charge in [-0.25, -0.2) is 0 Å². The van der Waals surface area contributed by atoms with E-state index < -0.39 is 11.7 Å². The molecule has 0 spiro atoms. The first-order valence-corrected chi connectivity index (χ1v) is 8.36. The van der Waals surface area contributed by atoms with Gasteiger partial charge in [-0.2, -0.15) is 18.3 Å². The van der Waals surface area contributed by atoms with E-state index in [1.165, 1.54) is 6.07 Å². The van der Waals surface area contributed by atoms with Crippen LogP contribution in [-0.4, -0.2) is 32.5 Å². The molecule has 1 aromatic carbocycles. The van der Waals surface area contributed by atoms with Gasteiger partial charge in [0, 0.05) is 37.5 Å².